The molecule has 3 aromatic rings. The third kappa shape index (κ3) is 4.85. The molecular formula is C24H19ClN2O4. The van der Waals surface area contributed by atoms with Gasteiger partial charge in [-0.25, -0.2) is 4.79 Å². The summed E-state index contributed by atoms with van der Waals surface area (Å²) in [4.78, 5) is 24.4. The minimum atomic E-state index is -0.542. The molecule has 0 aliphatic rings. The van der Waals surface area contributed by atoms with Crippen LogP contribution in [0.25, 0.3) is 17.4 Å². The molecule has 1 aromatic heterocycles. The number of furan rings is 1. The Labute approximate surface area is 184 Å². The highest BCUT2D eigenvalue weighted by atomic mass is 35.5. The fourth-order valence-corrected chi connectivity index (χ4v) is 3.11. The molecule has 0 aliphatic heterocycles. The zero-order chi connectivity index (χ0) is 22.5. The Bertz CT molecular complexity index is 1230. The first-order valence-corrected chi connectivity index (χ1v) is 9.69. The number of aryl methyl sites for hydroxylation is 1. The summed E-state index contributed by atoms with van der Waals surface area (Å²) in [6, 6.07) is 15.4. The van der Waals surface area contributed by atoms with E-state index in [0.717, 1.165) is 11.1 Å². The van der Waals surface area contributed by atoms with Gasteiger partial charge in [0.15, 0.2) is 0 Å². The standard InChI is InChI=1S/C24H19ClN2O4/c1-14-5-4-6-21(15(14)2)27-23(28)17(13-26)11-18-8-10-22(31-18)19-12-16(24(29)30-3)7-9-20(19)25/h4-12H,1-3H3,(H,27,28)/b17-11+. The van der Waals surface area contributed by atoms with Crippen LogP contribution in [-0.4, -0.2) is 19.0 Å². The fourth-order valence-electron chi connectivity index (χ4n) is 2.90. The molecule has 1 amide bonds. The van der Waals surface area contributed by atoms with Gasteiger partial charge in [-0.3, -0.25) is 4.79 Å². The summed E-state index contributed by atoms with van der Waals surface area (Å²) < 4.78 is 10.5. The Morgan fingerprint density at radius 1 is 1.16 bits per heavy atom. The predicted octanol–water partition coefficient (Wildman–Crippen LogP) is 5.55. The number of hydrogen-bond donors (Lipinski definition) is 1. The summed E-state index contributed by atoms with van der Waals surface area (Å²) in [5, 5.41) is 12.6. The Morgan fingerprint density at radius 2 is 1.94 bits per heavy atom. The number of nitrogens with zero attached hydrogens (tertiary/aromatic N) is 1. The molecule has 3 rings (SSSR count). The Kier molecular flexibility index (Phi) is 6.58. The molecule has 1 heterocycles. The highest BCUT2D eigenvalue weighted by Gasteiger charge is 2.15. The van der Waals surface area contributed by atoms with Crippen LogP contribution in [0.4, 0.5) is 5.69 Å². The van der Waals surface area contributed by atoms with Crippen LogP contribution in [-0.2, 0) is 9.53 Å². The number of halogens is 1. The monoisotopic (exact) mass is 434 g/mol. The highest BCUT2D eigenvalue weighted by molar-refractivity contribution is 6.33. The minimum absolute atomic E-state index is 0.115. The molecule has 0 saturated heterocycles. The third-order valence-electron chi connectivity index (χ3n) is 4.78. The number of anilines is 1. The number of nitriles is 1. The molecule has 31 heavy (non-hydrogen) atoms. The zero-order valence-corrected chi connectivity index (χ0v) is 17.9. The molecule has 0 saturated carbocycles. The SMILES string of the molecule is COC(=O)c1ccc(Cl)c(-c2ccc(/C=C(\C#N)C(=O)Nc3cccc(C)c3C)o2)c1. The molecular weight excluding hydrogens is 416 g/mol. The van der Waals surface area contributed by atoms with Crippen molar-refractivity contribution in [3.8, 4) is 17.4 Å². The van der Waals surface area contributed by atoms with Gasteiger partial charge in [0.2, 0.25) is 0 Å². The van der Waals surface area contributed by atoms with Gasteiger partial charge in [0.05, 0.1) is 17.7 Å². The second-order valence-corrected chi connectivity index (χ2v) is 7.17. The maximum absolute atomic E-state index is 12.6. The summed E-state index contributed by atoms with van der Waals surface area (Å²) in [6.45, 7) is 3.84. The summed E-state index contributed by atoms with van der Waals surface area (Å²) in [6.07, 6.45) is 1.35. The van der Waals surface area contributed by atoms with E-state index in [1.807, 2.05) is 32.0 Å². The number of esters is 1. The van der Waals surface area contributed by atoms with E-state index in [9.17, 15) is 14.9 Å². The summed E-state index contributed by atoms with van der Waals surface area (Å²) >= 11 is 6.25. The van der Waals surface area contributed by atoms with Gasteiger partial charge in [0.1, 0.15) is 23.2 Å². The van der Waals surface area contributed by atoms with Crippen LogP contribution in [0, 0.1) is 25.2 Å². The highest BCUT2D eigenvalue weighted by Crippen LogP contribution is 2.31. The number of hydrogen-bond acceptors (Lipinski definition) is 5. The molecule has 0 radical (unpaired) electrons. The van der Waals surface area contributed by atoms with E-state index in [1.165, 1.54) is 13.2 Å². The van der Waals surface area contributed by atoms with E-state index in [4.69, 9.17) is 20.8 Å². The molecule has 2 aromatic carbocycles. The summed E-state index contributed by atoms with van der Waals surface area (Å²) in [5.74, 6) is -0.365. The molecule has 0 spiro atoms. The second kappa shape index (κ2) is 9.33. The number of benzene rings is 2. The number of rotatable bonds is 5. The second-order valence-electron chi connectivity index (χ2n) is 6.76. The molecule has 6 nitrogen and oxygen atoms in total. The van der Waals surface area contributed by atoms with Gasteiger partial charge < -0.3 is 14.5 Å². The lowest BCUT2D eigenvalue weighted by Crippen LogP contribution is -2.14. The molecule has 0 unspecified atom stereocenters. The van der Waals surface area contributed by atoms with Crippen LogP contribution >= 0.6 is 11.6 Å². The maximum Gasteiger partial charge on any atom is 0.337 e. The zero-order valence-electron chi connectivity index (χ0n) is 17.2. The molecule has 0 bridgehead atoms. The van der Waals surface area contributed by atoms with Gasteiger partial charge in [0, 0.05) is 17.3 Å². The van der Waals surface area contributed by atoms with Crippen LogP contribution < -0.4 is 5.32 Å². The van der Waals surface area contributed by atoms with E-state index < -0.39 is 11.9 Å². The number of nitrogens with one attached hydrogen (secondary N) is 1. The van der Waals surface area contributed by atoms with E-state index in [2.05, 4.69) is 5.32 Å². The van der Waals surface area contributed by atoms with Crippen LogP contribution in [0.15, 0.2) is 58.5 Å². The largest absolute Gasteiger partial charge is 0.465 e. The fraction of sp³-hybridized carbons (Fsp3) is 0.125. The third-order valence-corrected chi connectivity index (χ3v) is 5.11. The van der Waals surface area contributed by atoms with Crippen LogP contribution in [0.1, 0.15) is 27.2 Å². The lowest BCUT2D eigenvalue weighted by molar-refractivity contribution is -0.112. The van der Waals surface area contributed by atoms with Gasteiger partial charge in [-0.2, -0.15) is 5.26 Å². The van der Waals surface area contributed by atoms with Crippen molar-refractivity contribution < 1.29 is 18.7 Å². The molecule has 7 heteroatoms. The van der Waals surface area contributed by atoms with Gasteiger partial charge in [-0.15, -0.1) is 0 Å². The van der Waals surface area contributed by atoms with E-state index in [-0.39, 0.29) is 5.57 Å². The first kappa shape index (κ1) is 21.9. The van der Waals surface area contributed by atoms with Crippen molar-refractivity contribution in [3.63, 3.8) is 0 Å². The number of carbonyl (C=O) groups excluding carboxylic acids is 2. The van der Waals surface area contributed by atoms with Crippen LogP contribution in [0.5, 0.6) is 0 Å². The van der Waals surface area contributed by atoms with Gasteiger partial charge in [-0.05, 0) is 61.4 Å². The molecule has 1 N–H and O–H groups in total. The van der Waals surface area contributed by atoms with Crippen molar-refractivity contribution >= 4 is 35.2 Å². The minimum Gasteiger partial charge on any atom is -0.465 e. The lowest BCUT2D eigenvalue weighted by Gasteiger charge is -2.09. The average molecular weight is 435 g/mol. The van der Waals surface area contributed by atoms with Gasteiger partial charge in [-0.1, -0.05) is 23.7 Å². The number of amides is 1. The van der Waals surface area contributed by atoms with Crippen LogP contribution in [0.2, 0.25) is 5.02 Å². The number of methoxy groups -OCH3 is 1. The van der Waals surface area contributed by atoms with Crippen molar-refractivity contribution in [1.29, 1.82) is 5.26 Å². The summed E-state index contributed by atoms with van der Waals surface area (Å²) in [5.41, 5.74) is 3.29. The smallest absolute Gasteiger partial charge is 0.337 e. The van der Waals surface area contributed by atoms with Crippen LogP contribution in [0.3, 0.4) is 0 Å². The quantitative estimate of drug-likeness (QED) is 0.323. The average Bonchev–Trinajstić information content (AvgIpc) is 3.23. The van der Waals surface area contributed by atoms with Crippen molar-refractivity contribution in [2.45, 2.75) is 13.8 Å². The van der Waals surface area contributed by atoms with Crippen molar-refractivity contribution in [1.82, 2.24) is 0 Å². The van der Waals surface area contributed by atoms with Gasteiger partial charge >= 0.3 is 5.97 Å². The first-order chi connectivity index (χ1) is 14.8. The normalized spacial score (nSPS) is 11.0. The van der Waals surface area contributed by atoms with E-state index >= 15 is 0 Å². The first-order valence-electron chi connectivity index (χ1n) is 9.31. The molecule has 0 atom stereocenters. The Balaban J connectivity index is 1.87. The maximum atomic E-state index is 12.6. The molecule has 0 fully saturated rings. The van der Waals surface area contributed by atoms with Crippen molar-refractivity contribution in [2.24, 2.45) is 0 Å². The molecule has 0 aliphatic carbocycles. The predicted molar refractivity (Wildman–Crippen MR) is 119 cm³/mol. The van der Waals surface area contributed by atoms with E-state index in [1.54, 1.807) is 36.4 Å². The number of ether oxygens (including phenoxy) is 1. The Hall–Kier alpha value is -3.82. The molecule has 156 valence electrons. The van der Waals surface area contributed by atoms with Crippen molar-refractivity contribution in [3.05, 3.63) is 81.6 Å². The Morgan fingerprint density at radius 3 is 2.65 bits per heavy atom. The summed E-state index contributed by atoms with van der Waals surface area (Å²) in [7, 11) is 1.29. The van der Waals surface area contributed by atoms with Crippen molar-refractivity contribution in [2.75, 3.05) is 12.4 Å². The topological polar surface area (TPSA) is 92.3 Å². The van der Waals surface area contributed by atoms with E-state index in [0.29, 0.717) is 33.4 Å². The van der Waals surface area contributed by atoms with Gasteiger partial charge in [0.25, 0.3) is 5.91 Å². The lowest BCUT2D eigenvalue weighted by atomic mass is 10.1. The number of carbonyl (C=O) groups is 2.